The van der Waals surface area contributed by atoms with Crippen LogP contribution in [-0.4, -0.2) is 56.1 Å². The first-order valence-corrected chi connectivity index (χ1v) is 11.7. The third kappa shape index (κ3) is 6.78. The van der Waals surface area contributed by atoms with Crippen molar-refractivity contribution in [2.24, 2.45) is 5.10 Å². The maximum Gasteiger partial charge on any atom is 0.276 e. The lowest BCUT2D eigenvalue weighted by Crippen LogP contribution is -2.40. The van der Waals surface area contributed by atoms with Crippen LogP contribution >= 0.6 is 0 Å². The van der Waals surface area contributed by atoms with E-state index in [1.165, 1.54) is 28.7 Å². The number of nitrogens with zero attached hydrogens (tertiary/aromatic N) is 3. The van der Waals surface area contributed by atoms with Crippen molar-refractivity contribution >= 4 is 33.9 Å². The quantitative estimate of drug-likeness (QED) is 0.339. The van der Waals surface area contributed by atoms with Gasteiger partial charge in [0.05, 0.1) is 28.6 Å². The summed E-state index contributed by atoms with van der Waals surface area (Å²) in [4.78, 5) is 22.7. The van der Waals surface area contributed by atoms with Gasteiger partial charge < -0.3 is 4.74 Å². The van der Waals surface area contributed by atoms with Crippen LogP contribution in [0.2, 0.25) is 0 Å². The first-order valence-electron chi connectivity index (χ1n) is 10.3. The Morgan fingerprint density at radius 2 is 1.85 bits per heavy atom. The first kappa shape index (κ1) is 24.2. The van der Waals surface area contributed by atoms with Crippen LogP contribution in [0.4, 0.5) is 5.69 Å². The van der Waals surface area contributed by atoms with Gasteiger partial charge in [0.15, 0.2) is 0 Å². The minimum Gasteiger partial charge on any atom is -0.379 e. The Hall–Kier alpha value is -3.41. The van der Waals surface area contributed by atoms with Crippen LogP contribution < -0.4 is 5.43 Å². The van der Waals surface area contributed by atoms with Gasteiger partial charge in [-0.15, -0.1) is 0 Å². The number of aryl methyl sites for hydroxylation is 1. The van der Waals surface area contributed by atoms with Gasteiger partial charge in [-0.1, -0.05) is 24.3 Å². The number of nitro groups is 1. The highest BCUT2D eigenvalue weighted by Gasteiger charge is 2.26. The second-order valence-corrected chi connectivity index (χ2v) is 9.09. The summed E-state index contributed by atoms with van der Waals surface area (Å²) >= 11 is 0. The highest BCUT2D eigenvalue weighted by atomic mass is 32.2. The number of allylic oxidation sites excluding steroid dienone is 1. The van der Waals surface area contributed by atoms with Crippen molar-refractivity contribution in [3.05, 3.63) is 75.8 Å². The number of nitrogens with one attached hydrogen (secondary N) is 1. The average Bonchev–Trinajstić information content (AvgIpc) is 2.83. The molecular weight excluding hydrogens is 448 g/mol. The van der Waals surface area contributed by atoms with Crippen molar-refractivity contribution in [1.82, 2.24) is 9.73 Å². The minimum absolute atomic E-state index is 0.0186. The highest BCUT2D eigenvalue weighted by molar-refractivity contribution is 7.89. The molecule has 0 aliphatic carbocycles. The summed E-state index contributed by atoms with van der Waals surface area (Å²) in [6.07, 6.45) is 4.95. The van der Waals surface area contributed by atoms with E-state index >= 15 is 0 Å². The lowest BCUT2D eigenvalue weighted by molar-refractivity contribution is -0.385. The van der Waals surface area contributed by atoms with E-state index in [2.05, 4.69) is 10.5 Å². The number of morpholine rings is 1. The molecule has 0 spiro atoms. The maximum atomic E-state index is 12.6. The number of hydrogen-bond acceptors (Lipinski definition) is 7. The van der Waals surface area contributed by atoms with Gasteiger partial charge in [0.25, 0.3) is 5.69 Å². The van der Waals surface area contributed by atoms with E-state index in [1.54, 1.807) is 42.5 Å². The van der Waals surface area contributed by atoms with Crippen LogP contribution in [0.5, 0.6) is 0 Å². The van der Waals surface area contributed by atoms with E-state index < -0.39 is 14.9 Å². The minimum atomic E-state index is -3.54. The van der Waals surface area contributed by atoms with E-state index in [0.717, 1.165) is 5.56 Å². The van der Waals surface area contributed by atoms with Crippen molar-refractivity contribution < 1.29 is 22.9 Å². The van der Waals surface area contributed by atoms with E-state index in [1.807, 2.05) is 0 Å². The van der Waals surface area contributed by atoms with Crippen LogP contribution in [0, 0.1) is 10.1 Å². The van der Waals surface area contributed by atoms with Crippen molar-refractivity contribution in [2.45, 2.75) is 17.7 Å². The fraction of sp³-hybridized carbons (Fsp3) is 0.273. The van der Waals surface area contributed by atoms with Crippen molar-refractivity contribution in [3.63, 3.8) is 0 Å². The van der Waals surface area contributed by atoms with Gasteiger partial charge >= 0.3 is 0 Å². The number of rotatable bonds is 9. The molecule has 1 aliphatic heterocycles. The Kier molecular flexibility index (Phi) is 8.41. The molecule has 0 unspecified atom stereocenters. The lowest BCUT2D eigenvalue weighted by atomic mass is 10.1. The monoisotopic (exact) mass is 472 g/mol. The molecule has 2 aromatic rings. The zero-order chi connectivity index (χ0) is 23.7. The van der Waals surface area contributed by atoms with Gasteiger partial charge in [-0.3, -0.25) is 14.9 Å². The molecule has 3 rings (SSSR count). The van der Waals surface area contributed by atoms with Gasteiger partial charge in [-0.25, -0.2) is 13.8 Å². The molecule has 2 aromatic carbocycles. The largest absolute Gasteiger partial charge is 0.379 e. The van der Waals surface area contributed by atoms with Crippen LogP contribution in [-0.2, 0) is 26.0 Å². The number of carbonyl (C=O) groups excluding carboxylic acids is 1. The molecule has 0 atom stereocenters. The summed E-state index contributed by atoms with van der Waals surface area (Å²) in [6, 6.07) is 12.8. The number of ether oxygens (including phenoxy) is 1. The van der Waals surface area contributed by atoms with Gasteiger partial charge in [0, 0.05) is 31.8 Å². The SMILES string of the molecule is O=C(CCc1ccc(S(=O)(=O)N2CCOCC2)cc1)N/N=C/C=C/c1ccccc1[N+](=O)[O-]. The number of carbonyl (C=O) groups is 1. The zero-order valence-electron chi connectivity index (χ0n) is 17.8. The molecule has 0 aromatic heterocycles. The van der Waals surface area contributed by atoms with E-state index in [0.29, 0.717) is 38.3 Å². The second-order valence-electron chi connectivity index (χ2n) is 7.15. The molecule has 0 bridgehead atoms. The molecule has 1 amide bonds. The average molecular weight is 473 g/mol. The number of benzene rings is 2. The molecule has 174 valence electrons. The van der Waals surface area contributed by atoms with Gasteiger partial charge in [-0.05, 0) is 42.3 Å². The van der Waals surface area contributed by atoms with Crippen molar-refractivity contribution in [1.29, 1.82) is 0 Å². The van der Waals surface area contributed by atoms with Crippen LogP contribution in [0.1, 0.15) is 17.5 Å². The highest BCUT2D eigenvalue weighted by Crippen LogP contribution is 2.19. The first-order chi connectivity index (χ1) is 15.9. The standard InChI is InChI=1S/C22H24N4O6S/c27-22(24-23-13-3-5-19-4-1-2-6-21(19)26(28)29)12-9-18-7-10-20(11-8-18)33(30,31)25-14-16-32-17-15-25/h1-8,10-11,13H,9,12,14-17H2,(H,24,27)/b5-3+,23-13+. The van der Waals surface area contributed by atoms with Gasteiger partial charge in [-0.2, -0.15) is 9.41 Å². The van der Waals surface area contributed by atoms with Crippen LogP contribution in [0.25, 0.3) is 6.08 Å². The topological polar surface area (TPSA) is 131 Å². The summed E-state index contributed by atoms with van der Waals surface area (Å²) in [5.74, 6) is -0.310. The Morgan fingerprint density at radius 1 is 1.15 bits per heavy atom. The van der Waals surface area contributed by atoms with Crippen molar-refractivity contribution in [3.8, 4) is 0 Å². The summed E-state index contributed by atoms with van der Waals surface area (Å²) in [6.45, 7) is 1.44. The summed E-state index contributed by atoms with van der Waals surface area (Å²) < 4.78 is 31.9. The Balaban J connectivity index is 1.46. The number of nitro benzene ring substituents is 1. The Bertz CT molecular complexity index is 1140. The molecule has 0 saturated carbocycles. The number of hydrogen-bond donors (Lipinski definition) is 1. The molecule has 11 heteroatoms. The third-order valence-corrected chi connectivity index (χ3v) is 6.84. The van der Waals surface area contributed by atoms with E-state index in [4.69, 9.17) is 4.74 Å². The predicted molar refractivity (Wildman–Crippen MR) is 123 cm³/mol. The summed E-state index contributed by atoms with van der Waals surface area (Å²) in [5, 5.41) is 14.8. The smallest absolute Gasteiger partial charge is 0.276 e. The lowest BCUT2D eigenvalue weighted by Gasteiger charge is -2.26. The number of sulfonamides is 1. The Morgan fingerprint density at radius 3 is 2.55 bits per heavy atom. The number of amides is 1. The molecule has 1 saturated heterocycles. The summed E-state index contributed by atoms with van der Waals surface area (Å²) in [7, 11) is -3.54. The predicted octanol–water partition coefficient (Wildman–Crippen LogP) is 2.36. The molecule has 33 heavy (non-hydrogen) atoms. The van der Waals surface area contributed by atoms with Crippen molar-refractivity contribution in [2.75, 3.05) is 26.3 Å². The molecule has 1 aliphatic rings. The summed E-state index contributed by atoms with van der Waals surface area (Å²) in [5.41, 5.74) is 3.62. The number of para-hydroxylation sites is 1. The molecule has 10 nitrogen and oxygen atoms in total. The van der Waals surface area contributed by atoms with Gasteiger partial charge in [0.1, 0.15) is 0 Å². The van der Waals surface area contributed by atoms with Crippen LogP contribution in [0.15, 0.2) is 64.6 Å². The second kappa shape index (κ2) is 11.5. The Labute approximate surface area is 191 Å². The number of hydrazone groups is 1. The maximum absolute atomic E-state index is 12.6. The molecule has 1 fully saturated rings. The van der Waals surface area contributed by atoms with E-state index in [-0.39, 0.29) is 22.9 Å². The molecule has 0 radical (unpaired) electrons. The normalized spacial score (nSPS) is 15.2. The third-order valence-electron chi connectivity index (χ3n) is 4.93. The zero-order valence-corrected chi connectivity index (χ0v) is 18.6. The fourth-order valence-corrected chi connectivity index (χ4v) is 4.58. The fourth-order valence-electron chi connectivity index (χ4n) is 3.17. The molecule has 1 heterocycles. The molecular formula is C22H24N4O6S. The van der Waals surface area contributed by atoms with Crippen LogP contribution in [0.3, 0.4) is 0 Å². The van der Waals surface area contributed by atoms with E-state index in [9.17, 15) is 23.3 Å². The molecule has 1 N–H and O–H groups in total. The van der Waals surface area contributed by atoms with Gasteiger partial charge in [0.2, 0.25) is 15.9 Å².